The molecule has 1 N–H and O–H groups in total. The Balaban J connectivity index is 1.38. The van der Waals surface area contributed by atoms with Crippen LogP contribution in [0.4, 0.5) is 5.13 Å². The number of amides is 2. The molecule has 1 fully saturated rings. The molecule has 10 heteroatoms. The number of ether oxygens (including phenoxy) is 1. The second-order valence-electron chi connectivity index (χ2n) is 8.30. The normalized spacial score (nSPS) is 15.3. The van der Waals surface area contributed by atoms with E-state index in [1.54, 1.807) is 10.3 Å². The highest BCUT2D eigenvalue weighted by atomic mass is 32.1. The molecule has 0 spiro atoms. The van der Waals surface area contributed by atoms with Gasteiger partial charge < -0.3 is 14.2 Å². The highest BCUT2D eigenvalue weighted by molar-refractivity contribution is 7.13. The molecule has 0 saturated carbocycles. The average molecular weight is 491 g/mol. The van der Waals surface area contributed by atoms with Crippen LogP contribution >= 0.6 is 11.3 Å². The Kier molecular flexibility index (Phi) is 6.28. The first-order valence-corrected chi connectivity index (χ1v) is 12.0. The molecule has 178 valence electrons. The number of hydrogen-bond acceptors (Lipinski definition) is 8. The lowest BCUT2D eigenvalue weighted by Gasteiger charge is -2.18. The van der Waals surface area contributed by atoms with Crippen molar-refractivity contribution >= 4 is 45.0 Å². The number of carbonyl (C=O) groups excluding carboxylic acids is 3. The van der Waals surface area contributed by atoms with Gasteiger partial charge in [0.05, 0.1) is 18.1 Å². The molecule has 2 aromatic heterocycles. The molecule has 4 aromatic rings. The molecule has 1 aliphatic heterocycles. The summed E-state index contributed by atoms with van der Waals surface area (Å²) in [6.07, 6.45) is 3.32. The van der Waals surface area contributed by atoms with Gasteiger partial charge in [0.2, 0.25) is 0 Å². The fraction of sp³-hybridized carbons (Fsp3) is 0.240. The molecule has 2 aromatic carbocycles. The van der Waals surface area contributed by atoms with Crippen LogP contribution in [0.25, 0.3) is 11.0 Å². The van der Waals surface area contributed by atoms with Gasteiger partial charge in [0.15, 0.2) is 16.4 Å². The topological polar surface area (TPSA) is 115 Å². The number of nitrogens with one attached hydrogen (secondary N) is 1. The Bertz CT molecular complexity index is 1380. The standard InChI is InChI=1S/C25H22N4O5S/c1-33-19-13-20-17(21(28-34-20)22(30)23(31)27-25-26-8-10-35-25)12-18(19)24(32)29-9-7-16(14-29)11-15-5-3-2-4-6-15/h2-6,8,10,12-13,16H,7,9,11,14H2,1H3,(H,26,27,31). The smallest absolute Gasteiger partial charge is 0.300 e. The Morgan fingerprint density at radius 1 is 1.23 bits per heavy atom. The van der Waals surface area contributed by atoms with E-state index in [1.165, 1.54) is 42.3 Å². The maximum Gasteiger partial charge on any atom is 0.300 e. The second kappa shape index (κ2) is 9.67. The number of thiazole rings is 1. The Labute approximate surface area is 204 Å². The van der Waals surface area contributed by atoms with Crippen molar-refractivity contribution in [2.24, 2.45) is 5.92 Å². The van der Waals surface area contributed by atoms with E-state index in [1.807, 2.05) is 18.2 Å². The number of likely N-dealkylation sites (tertiary alicyclic amines) is 1. The van der Waals surface area contributed by atoms with Gasteiger partial charge in [-0.25, -0.2) is 4.98 Å². The van der Waals surface area contributed by atoms with Crippen LogP contribution in [-0.2, 0) is 11.2 Å². The summed E-state index contributed by atoms with van der Waals surface area (Å²) >= 11 is 1.19. The van der Waals surface area contributed by atoms with Crippen LogP contribution < -0.4 is 10.1 Å². The number of hydrogen-bond donors (Lipinski definition) is 1. The van der Waals surface area contributed by atoms with Crippen LogP contribution in [0, 0.1) is 5.92 Å². The zero-order chi connectivity index (χ0) is 24.4. The predicted octanol–water partition coefficient (Wildman–Crippen LogP) is 3.82. The second-order valence-corrected chi connectivity index (χ2v) is 9.19. The summed E-state index contributed by atoms with van der Waals surface area (Å²) in [5.41, 5.74) is 1.61. The molecular weight excluding hydrogens is 468 g/mol. The van der Waals surface area contributed by atoms with Gasteiger partial charge in [-0.05, 0) is 30.4 Å². The minimum absolute atomic E-state index is 0.172. The molecule has 1 unspecified atom stereocenters. The molecule has 2 amide bonds. The molecule has 3 heterocycles. The van der Waals surface area contributed by atoms with Crippen molar-refractivity contribution in [3.63, 3.8) is 0 Å². The molecule has 5 rings (SSSR count). The van der Waals surface area contributed by atoms with E-state index in [4.69, 9.17) is 9.26 Å². The fourth-order valence-corrected chi connectivity index (χ4v) is 4.84. The van der Waals surface area contributed by atoms with Crippen LogP contribution in [-0.4, -0.2) is 52.8 Å². The first-order chi connectivity index (χ1) is 17.0. The Morgan fingerprint density at radius 3 is 2.80 bits per heavy atom. The fourth-order valence-electron chi connectivity index (χ4n) is 4.31. The number of ketones is 1. The van der Waals surface area contributed by atoms with Crippen LogP contribution in [0.2, 0.25) is 0 Å². The van der Waals surface area contributed by atoms with Gasteiger partial charge >= 0.3 is 0 Å². The summed E-state index contributed by atoms with van der Waals surface area (Å²) in [5.74, 6) is -1.30. The zero-order valence-electron chi connectivity index (χ0n) is 18.9. The summed E-state index contributed by atoms with van der Waals surface area (Å²) in [5, 5.41) is 8.49. The van der Waals surface area contributed by atoms with Gasteiger partial charge in [-0.15, -0.1) is 11.3 Å². The van der Waals surface area contributed by atoms with Crippen molar-refractivity contribution in [2.75, 3.05) is 25.5 Å². The van der Waals surface area contributed by atoms with E-state index in [9.17, 15) is 14.4 Å². The summed E-state index contributed by atoms with van der Waals surface area (Å²) in [6.45, 7) is 1.25. The summed E-state index contributed by atoms with van der Waals surface area (Å²) in [4.78, 5) is 44.4. The van der Waals surface area contributed by atoms with Gasteiger partial charge in [-0.3, -0.25) is 19.7 Å². The molecular formula is C25H22N4O5S. The summed E-state index contributed by atoms with van der Waals surface area (Å²) in [6, 6.07) is 13.2. The van der Waals surface area contributed by atoms with Gasteiger partial charge in [0, 0.05) is 30.7 Å². The van der Waals surface area contributed by atoms with Crippen LogP contribution in [0.15, 0.2) is 58.6 Å². The third kappa shape index (κ3) is 4.65. The number of anilines is 1. The van der Waals surface area contributed by atoms with Crippen molar-refractivity contribution in [2.45, 2.75) is 12.8 Å². The Hall–Kier alpha value is -4.05. The highest BCUT2D eigenvalue weighted by Crippen LogP contribution is 2.31. The van der Waals surface area contributed by atoms with E-state index in [0.717, 1.165) is 12.8 Å². The zero-order valence-corrected chi connectivity index (χ0v) is 19.7. The van der Waals surface area contributed by atoms with Gasteiger partial charge in [-0.2, -0.15) is 0 Å². The van der Waals surface area contributed by atoms with Crippen molar-refractivity contribution in [3.8, 4) is 5.75 Å². The number of benzene rings is 2. The van der Waals surface area contributed by atoms with Crippen molar-refractivity contribution in [1.82, 2.24) is 15.0 Å². The molecule has 1 aliphatic rings. The molecule has 0 aliphatic carbocycles. The van der Waals surface area contributed by atoms with E-state index in [0.29, 0.717) is 29.9 Å². The van der Waals surface area contributed by atoms with Gasteiger partial charge in [0.1, 0.15) is 5.75 Å². The predicted molar refractivity (Wildman–Crippen MR) is 130 cm³/mol. The largest absolute Gasteiger partial charge is 0.496 e. The van der Waals surface area contributed by atoms with Crippen molar-refractivity contribution in [3.05, 3.63) is 70.9 Å². The van der Waals surface area contributed by atoms with E-state index >= 15 is 0 Å². The molecule has 9 nitrogen and oxygen atoms in total. The lowest BCUT2D eigenvalue weighted by atomic mass is 9.99. The number of rotatable bonds is 7. The van der Waals surface area contributed by atoms with Gasteiger partial charge in [0.25, 0.3) is 17.6 Å². The molecule has 0 radical (unpaired) electrons. The number of carbonyl (C=O) groups is 3. The van der Waals surface area contributed by atoms with Crippen molar-refractivity contribution in [1.29, 1.82) is 0 Å². The third-order valence-corrected chi connectivity index (χ3v) is 6.73. The monoisotopic (exact) mass is 490 g/mol. The molecule has 1 atom stereocenters. The van der Waals surface area contributed by atoms with Gasteiger partial charge in [-0.1, -0.05) is 35.5 Å². The summed E-state index contributed by atoms with van der Waals surface area (Å²) < 4.78 is 10.7. The van der Waals surface area contributed by atoms with Crippen LogP contribution in [0.1, 0.15) is 32.8 Å². The number of methoxy groups -OCH3 is 1. The minimum atomic E-state index is -0.887. The number of nitrogens with zero attached hydrogens (tertiary/aromatic N) is 3. The van der Waals surface area contributed by atoms with Crippen LogP contribution in [0.5, 0.6) is 5.75 Å². The first kappa shape index (κ1) is 22.7. The third-order valence-electron chi connectivity index (χ3n) is 6.04. The maximum atomic E-state index is 13.4. The van der Waals surface area contributed by atoms with E-state index < -0.39 is 11.7 Å². The molecule has 0 bridgehead atoms. The average Bonchev–Trinajstić information content (AvgIpc) is 3.64. The molecule has 35 heavy (non-hydrogen) atoms. The van der Waals surface area contributed by atoms with Crippen molar-refractivity contribution < 1.29 is 23.6 Å². The van der Waals surface area contributed by atoms with Crippen LogP contribution in [0.3, 0.4) is 0 Å². The maximum absolute atomic E-state index is 13.4. The lowest BCUT2D eigenvalue weighted by Crippen LogP contribution is -2.29. The molecule has 1 saturated heterocycles. The highest BCUT2D eigenvalue weighted by Gasteiger charge is 2.31. The minimum Gasteiger partial charge on any atom is -0.496 e. The SMILES string of the molecule is COc1cc2onc(C(=O)C(=O)Nc3nccs3)c2cc1C(=O)N1CCC(Cc2ccccc2)C1. The van der Waals surface area contributed by atoms with E-state index in [-0.39, 0.29) is 28.1 Å². The quantitative estimate of drug-likeness (QED) is 0.309. The summed E-state index contributed by atoms with van der Waals surface area (Å²) in [7, 11) is 1.46. The number of aromatic nitrogens is 2. The Morgan fingerprint density at radius 2 is 2.06 bits per heavy atom. The number of fused-ring (bicyclic) bond motifs is 1. The number of Topliss-reactive ketones (excluding diaryl/α,β-unsaturated/α-hetero) is 1. The van der Waals surface area contributed by atoms with E-state index in [2.05, 4.69) is 27.6 Å². The first-order valence-electron chi connectivity index (χ1n) is 11.1. The lowest BCUT2D eigenvalue weighted by molar-refractivity contribution is -0.112.